The second-order valence-corrected chi connectivity index (χ2v) is 6.42. The maximum Gasteiger partial charge on any atom is 0.171 e. The standard InChI is InChI=1S/C14H22N2OS/c1-10(2)13-14(11(3)17)18-12(15-13)6-9-16-7-4-5-8-16/h10H,4-9H2,1-3H3. The molecule has 0 N–H and O–H groups in total. The van der Waals surface area contributed by atoms with Gasteiger partial charge in [-0.3, -0.25) is 4.79 Å². The summed E-state index contributed by atoms with van der Waals surface area (Å²) in [4.78, 5) is 19.6. The number of nitrogens with zero attached hydrogens (tertiary/aromatic N) is 2. The highest BCUT2D eigenvalue weighted by molar-refractivity contribution is 7.13. The molecule has 3 nitrogen and oxygen atoms in total. The van der Waals surface area contributed by atoms with Crippen LogP contribution in [0.2, 0.25) is 0 Å². The highest BCUT2D eigenvalue weighted by atomic mass is 32.1. The lowest BCUT2D eigenvalue weighted by Gasteiger charge is -2.12. The van der Waals surface area contributed by atoms with Crippen molar-refractivity contribution in [1.82, 2.24) is 9.88 Å². The summed E-state index contributed by atoms with van der Waals surface area (Å²) in [6.45, 7) is 9.38. The molecule has 1 fully saturated rings. The van der Waals surface area contributed by atoms with Crippen LogP contribution in [-0.2, 0) is 6.42 Å². The molecule has 18 heavy (non-hydrogen) atoms. The SMILES string of the molecule is CC(=O)c1sc(CCN2CCCC2)nc1C(C)C. The van der Waals surface area contributed by atoms with Crippen LogP contribution in [0.3, 0.4) is 0 Å². The number of ketones is 1. The van der Waals surface area contributed by atoms with E-state index in [-0.39, 0.29) is 5.78 Å². The predicted octanol–water partition coefficient (Wildman–Crippen LogP) is 3.11. The van der Waals surface area contributed by atoms with Crippen LogP contribution in [0.4, 0.5) is 0 Å². The zero-order chi connectivity index (χ0) is 13.1. The average molecular weight is 266 g/mol. The molecule has 2 heterocycles. The van der Waals surface area contributed by atoms with Crippen molar-refractivity contribution in [2.75, 3.05) is 19.6 Å². The van der Waals surface area contributed by atoms with Crippen molar-refractivity contribution in [2.24, 2.45) is 0 Å². The van der Waals surface area contributed by atoms with Crippen LogP contribution >= 0.6 is 11.3 Å². The third-order valence-corrected chi connectivity index (χ3v) is 4.64. The Morgan fingerprint density at radius 2 is 2.06 bits per heavy atom. The summed E-state index contributed by atoms with van der Waals surface area (Å²) in [5.41, 5.74) is 0.990. The minimum absolute atomic E-state index is 0.156. The molecule has 0 amide bonds. The van der Waals surface area contributed by atoms with E-state index in [9.17, 15) is 4.79 Å². The largest absolute Gasteiger partial charge is 0.303 e. The second kappa shape index (κ2) is 5.93. The highest BCUT2D eigenvalue weighted by Gasteiger charge is 2.18. The first-order chi connectivity index (χ1) is 8.58. The van der Waals surface area contributed by atoms with E-state index in [4.69, 9.17) is 0 Å². The van der Waals surface area contributed by atoms with E-state index in [1.165, 1.54) is 25.9 Å². The number of hydrogen-bond donors (Lipinski definition) is 0. The molecule has 1 aromatic rings. The number of likely N-dealkylation sites (tertiary alicyclic amines) is 1. The summed E-state index contributed by atoms with van der Waals surface area (Å²) in [6.07, 6.45) is 3.64. The Labute approximate surface area is 113 Å². The van der Waals surface area contributed by atoms with Gasteiger partial charge in [0.05, 0.1) is 15.6 Å². The Bertz CT molecular complexity index is 419. The van der Waals surface area contributed by atoms with Gasteiger partial charge < -0.3 is 4.90 Å². The van der Waals surface area contributed by atoms with Crippen molar-refractivity contribution in [2.45, 2.75) is 46.0 Å². The monoisotopic (exact) mass is 266 g/mol. The van der Waals surface area contributed by atoms with E-state index in [1.807, 2.05) is 0 Å². The maximum absolute atomic E-state index is 11.6. The maximum atomic E-state index is 11.6. The van der Waals surface area contributed by atoms with Crippen molar-refractivity contribution in [3.8, 4) is 0 Å². The van der Waals surface area contributed by atoms with Crippen LogP contribution in [-0.4, -0.2) is 35.3 Å². The first-order valence-corrected chi connectivity index (χ1v) is 7.62. The van der Waals surface area contributed by atoms with Gasteiger partial charge >= 0.3 is 0 Å². The first kappa shape index (κ1) is 13.7. The van der Waals surface area contributed by atoms with E-state index >= 15 is 0 Å². The van der Waals surface area contributed by atoms with Gasteiger partial charge in [-0.15, -0.1) is 11.3 Å². The number of Topliss-reactive ketones (excluding diaryl/α,β-unsaturated/α-hetero) is 1. The van der Waals surface area contributed by atoms with E-state index in [1.54, 1.807) is 18.3 Å². The summed E-state index contributed by atoms with van der Waals surface area (Å²) < 4.78 is 0. The normalized spacial score (nSPS) is 16.7. The average Bonchev–Trinajstić information content (AvgIpc) is 2.95. The smallest absolute Gasteiger partial charge is 0.171 e. The fraction of sp³-hybridized carbons (Fsp3) is 0.714. The quantitative estimate of drug-likeness (QED) is 0.768. The predicted molar refractivity (Wildman–Crippen MR) is 75.6 cm³/mol. The van der Waals surface area contributed by atoms with Gasteiger partial charge in [0.15, 0.2) is 5.78 Å². The van der Waals surface area contributed by atoms with Crippen LogP contribution in [0.1, 0.15) is 59.9 Å². The summed E-state index contributed by atoms with van der Waals surface area (Å²) in [5.74, 6) is 0.490. The molecule has 0 aromatic carbocycles. The highest BCUT2D eigenvalue weighted by Crippen LogP contribution is 2.26. The summed E-state index contributed by atoms with van der Waals surface area (Å²) in [7, 11) is 0. The minimum atomic E-state index is 0.156. The lowest BCUT2D eigenvalue weighted by molar-refractivity contribution is 0.102. The van der Waals surface area contributed by atoms with Crippen LogP contribution in [0.5, 0.6) is 0 Å². The molecule has 1 saturated heterocycles. The van der Waals surface area contributed by atoms with Gasteiger partial charge in [0.2, 0.25) is 0 Å². The number of hydrogen-bond acceptors (Lipinski definition) is 4. The molecule has 1 aliphatic heterocycles. The molecule has 0 spiro atoms. The zero-order valence-electron chi connectivity index (χ0n) is 11.5. The summed E-state index contributed by atoms with van der Waals surface area (Å²) in [6, 6.07) is 0. The summed E-state index contributed by atoms with van der Waals surface area (Å²) in [5, 5.41) is 1.12. The van der Waals surface area contributed by atoms with E-state index in [0.717, 1.165) is 28.5 Å². The summed E-state index contributed by atoms with van der Waals surface area (Å²) >= 11 is 1.59. The van der Waals surface area contributed by atoms with Gasteiger partial charge in [-0.25, -0.2) is 4.98 Å². The lowest BCUT2D eigenvalue weighted by atomic mass is 10.1. The zero-order valence-corrected chi connectivity index (χ0v) is 12.3. The number of thiazole rings is 1. The Morgan fingerprint density at radius 3 is 2.56 bits per heavy atom. The molecule has 1 aliphatic rings. The van der Waals surface area contributed by atoms with Crippen LogP contribution in [0, 0.1) is 0 Å². The van der Waals surface area contributed by atoms with Gasteiger partial charge in [0.25, 0.3) is 0 Å². The Balaban J connectivity index is 2.04. The Kier molecular flexibility index (Phi) is 4.51. The van der Waals surface area contributed by atoms with Gasteiger partial charge in [0.1, 0.15) is 0 Å². The number of aromatic nitrogens is 1. The van der Waals surface area contributed by atoms with Gasteiger partial charge in [0, 0.05) is 19.9 Å². The molecule has 100 valence electrons. The van der Waals surface area contributed by atoms with Crippen LogP contribution in [0.15, 0.2) is 0 Å². The number of carbonyl (C=O) groups excluding carboxylic acids is 1. The molecular formula is C14H22N2OS. The van der Waals surface area contributed by atoms with Crippen molar-refractivity contribution in [3.63, 3.8) is 0 Å². The van der Waals surface area contributed by atoms with Crippen LogP contribution < -0.4 is 0 Å². The molecule has 0 aliphatic carbocycles. The molecular weight excluding hydrogens is 244 g/mol. The molecule has 0 radical (unpaired) electrons. The van der Waals surface area contributed by atoms with E-state index in [0.29, 0.717) is 5.92 Å². The van der Waals surface area contributed by atoms with E-state index in [2.05, 4.69) is 23.7 Å². The molecule has 0 unspecified atom stereocenters. The third kappa shape index (κ3) is 3.18. The molecule has 0 bridgehead atoms. The van der Waals surface area contributed by atoms with Gasteiger partial charge in [-0.05, 0) is 31.8 Å². The lowest BCUT2D eigenvalue weighted by Crippen LogP contribution is -2.21. The molecule has 0 atom stereocenters. The Hall–Kier alpha value is -0.740. The topological polar surface area (TPSA) is 33.2 Å². The van der Waals surface area contributed by atoms with Crippen molar-refractivity contribution >= 4 is 17.1 Å². The second-order valence-electron chi connectivity index (χ2n) is 5.33. The molecule has 0 saturated carbocycles. The van der Waals surface area contributed by atoms with Crippen molar-refractivity contribution < 1.29 is 4.79 Å². The van der Waals surface area contributed by atoms with Gasteiger partial charge in [-0.2, -0.15) is 0 Å². The fourth-order valence-corrected chi connectivity index (χ4v) is 3.49. The Morgan fingerprint density at radius 1 is 1.39 bits per heavy atom. The molecule has 1 aromatic heterocycles. The van der Waals surface area contributed by atoms with Crippen molar-refractivity contribution in [1.29, 1.82) is 0 Å². The number of carbonyl (C=O) groups is 1. The van der Waals surface area contributed by atoms with Gasteiger partial charge in [-0.1, -0.05) is 13.8 Å². The minimum Gasteiger partial charge on any atom is -0.303 e. The van der Waals surface area contributed by atoms with Crippen molar-refractivity contribution in [3.05, 3.63) is 15.6 Å². The number of rotatable bonds is 5. The molecule has 2 rings (SSSR count). The van der Waals surface area contributed by atoms with Crippen LogP contribution in [0.25, 0.3) is 0 Å². The first-order valence-electron chi connectivity index (χ1n) is 6.81. The third-order valence-electron chi connectivity index (χ3n) is 3.40. The fourth-order valence-electron chi connectivity index (χ4n) is 2.39. The molecule has 4 heteroatoms. The van der Waals surface area contributed by atoms with E-state index < -0.39 is 0 Å².